The predicted molar refractivity (Wildman–Crippen MR) is 101 cm³/mol. The standard InChI is InChI=1S/C17H14ClFN4O4S/c1-8-12(14(23-27-8)13-9(18)3-2-4-10(13)19)11-7-28-17(21-11)22-15(24)16(25)26-6-5-20/h2-4,7H,5-6,20H2,1H3,(H,21,22,24). The van der Waals surface area contributed by atoms with E-state index in [1.54, 1.807) is 12.3 Å². The first-order chi connectivity index (χ1) is 13.4. The Morgan fingerprint density at radius 1 is 1.39 bits per heavy atom. The third kappa shape index (κ3) is 4.03. The highest BCUT2D eigenvalue weighted by atomic mass is 35.5. The maximum Gasteiger partial charge on any atom is 0.397 e. The molecule has 0 aliphatic rings. The number of carbonyl (C=O) groups excluding carboxylic acids is 2. The van der Waals surface area contributed by atoms with E-state index in [-0.39, 0.29) is 34.6 Å². The smallest absolute Gasteiger partial charge is 0.397 e. The van der Waals surface area contributed by atoms with E-state index in [9.17, 15) is 14.0 Å². The molecule has 3 N–H and O–H groups in total. The summed E-state index contributed by atoms with van der Waals surface area (Å²) in [6, 6.07) is 4.27. The second-order valence-electron chi connectivity index (χ2n) is 5.48. The molecule has 0 aliphatic heterocycles. The van der Waals surface area contributed by atoms with Crippen LogP contribution in [0.15, 0.2) is 28.1 Å². The molecule has 1 amide bonds. The molecule has 11 heteroatoms. The molecule has 2 heterocycles. The number of nitrogens with two attached hydrogens (primary N) is 1. The summed E-state index contributed by atoms with van der Waals surface area (Å²) < 4.78 is 24.2. The molecule has 3 rings (SSSR count). The fourth-order valence-corrected chi connectivity index (χ4v) is 3.33. The molecule has 0 fully saturated rings. The molecule has 0 radical (unpaired) electrons. The molecule has 3 aromatic rings. The van der Waals surface area contributed by atoms with E-state index in [2.05, 4.69) is 20.2 Å². The van der Waals surface area contributed by atoms with Gasteiger partial charge in [0.1, 0.15) is 23.9 Å². The van der Waals surface area contributed by atoms with Crippen LogP contribution in [-0.4, -0.2) is 35.2 Å². The summed E-state index contributed by atoms with van der Waals surface area (Å²) in [4.78, 5) is 27.6. The van der Waals surface area contributed by atoms with E-state index < -0.39 is 17.7 Å². The zero-order valence-corrected chi connectivity index (χ0v) is 16.1. The number of aromatic nitrogens is 2. The average molecular weight is 425 g/mol. The van der Waals surface area contributed by atoms with Gasteiger partial charge < -0.3 is 15.0 Å². The number of hydrogen-bond acceptors (Lipinski definition) is 8. The van der Waals surface area contributed by atoms with Crippen molar-refractivity contribution in [3.8, 4) is 22.5 Å². The van der Waals surface area contributed by atoms with Gasteiger partial charge in [0, 0.05) is 11.9 Å². The number of nitrogens with one attached hydrogen (secondary N) is 1. The van der Waals surface area contributed by atoms with Gasteiger partial charge in [0.25, 0.3) is 0 Å². The Morgan fingerprint density at radius 2 is 2.18 bits per heavy atom. The number of benzene rings is 1. The van der Waals surface area contributed by atoms with Crippen molar-refractivity contribution in [2.75, 3.05) is 18.5 Å². The highest BCUT2D eigenvalue weighted by Gasteiger charge is 2.24. The number of hydrogen-bond donors (Lipinski definition) is 2. The molecule has 1 aromatic carbocycles. The Morgan fingerprint density at radius 3 is 2.89 bits per heavy atom. The first-order valence-corrected chi connectivity index (χ1v) is 9.22. The molecule has 8 nitrogen and oxygen atoms in total. The van der Waals surface area contributed by atoms with Gasteiger partial charge in [0.15, 0.2) is 5.13 Å². The van der Waals surface area contributed by atoms with Crippen molar-refractivity contribution in [3.05, 3.63) is 40.2 Å². The molecule has 146 valence electrons. The number of nitrogens with zero attached hydrogens (tertiary/aromatic N) is 2. The van der Waals surface area contributed by atoms with E-state index in [1.165, 1.54) is 18.2 Å². The van der Waals surface area contributed by atoms with E-state index in [0.29, 0.717) is 17.0 Å². The first kappa shape index (κ1) is 19.9. The highest BCUT2D eigenvalue weighted by molar-refractivity contribution is 7.14. The van der Waals surface area contributed by atoms with Crippen LogP contribution >= 0.6 is 22.9 Å². The minimum absolute atomic E-state index is 0.0674. The number of aryl methyl sites for hydroxylation is 1. The SMILES string of the molecule is Cc1onc(-c2c(F)cccc2Cl)c1-c1csc(NC(=O)C(=O)OCCN)n1. The molecule has 28 heavy (non-hydrogen) atoms. The minimum atomic E-state index is -1.07. The molecule has 0 bridgehead atoms. The van der Waals surface area contributed by atoms with Crippen molar-refractivity contribution in [3.63, 3.8) is 0 Å². The number of thiazole rings is 1. The van der Waals surface area contributed by atoms with E-state index in [1.807, 2.05) is 0 Å². The van der Waals surface area contributed by atoms with Crippen LogP contribution in [0.4, 0.5) is 9.52 Å². The zero-order chi connectivity index (χ0) is 20.3. The normalized spacial score (nSPS) is 10.7. The molecule has 2 aromatic heterocycles. The lowest BCUT2D eigenvalue weighted by Gasteiger charge is -2.04. The number of amides is 1. The van der Waals surface area contributed by atoms with E-state index >= 15 is 0 Å². The van der Waals surface area contributed by atoms with Gasteiger partial charge in [-0.3, -0.25) is 10.1 Å². The first-order valence-electron chi connectivity index (χ1n) is 7.97. The third-order valence-electron chi connectivity index (χ3n) is 3.58. The van der Waals surface area contributed by atoms with Gasteiger partial charge >= 0.3 is 11.9 Å². The van der Waals surface area contributed by atoms with Crippen LogP contribution in [0.25, 0.3) is 22.5 Å². The Hall–Kier alpha value is -2.82. The topological polar surface area (TPSA) is 120 Å². The summed E-state index contributed by atoms with van der Waals surface area (Å²) in [6.45, 7) is 1.68. The van der Waals surface area contributed by atoms with Crippen molar-refractivity contribution in [2.45, 2.75) is 6.92 Å². The molecular weight excluding hydrogens is 411 g/mol. The van der Waals surface area contributed by atoms with Gasteiger partial charge in [-0.15, -0.1) is 11.3 Å². The molecular formula is C17H14ClFN4O4S. The zero-order valence-electron chi connectivity index (χ0n) is 14.5. The van der Waals surface area contributed by atoms with Crippen LogP contribution in [0.5, 0.6) is 0 Å². The minimum Gasteiger partial charge on any atom is -0.457 e. The summed E-state index contributed by atoms with van der Waals surface area (Å²) >= 11 is 7.19. The van der Waals surface area contributed by atoms with Gasteiger partial charge in [0.2, 0.25) is 0 Å². The Bertz CT molecular complexity index is 1020. The average Bonchev–Trinajstić information content (AvgIpc) is 3.26. The van der Waals surface area contributed by atoms with Crippen LogP contribution in [0.2, 0.25) is 5.02 Å². The number of carbonyl (C=O) groups is 2. The largest absolute Gasteiger partial charge is 0.457 e. The lowest BCUT2D eigenvalue weighted by molar-refractivity contribution is -0.152. The van der Waals surface area contributed by atoms with Crippen LogP contribution in [0.1, 0.15) is 5.76 Å². The number of rotatable bonds is 5. The maximum absolute atomic E-state index is 14.3. The lowest BCUT2D eigenvalue weighted by atomic mass is 10.0. The summed E-state index contributed by atoms with van der Waals surface area (Å²) in [7, 11) is 0. The van der Waals surface area contributed by atoms with Gasteiger partial charge in [-0.25, -0.2) is 14.2 Å². The molecule has 0 spiro atoms. The van der Waals surface area contributed by atoms with Crippen LogP contribution in [-0.2, 0) is 14.3 Å². The number of esters is 1. The van der Waals surface area contributed by atoms with Gasteiger partial charge in [-0.2, -0.15) is 0 Å². The molecule has 0 saturated carbocycles. The molecule has 0 atom stereocenters. The van der Waals surface area contributed by atoms with Crippen molar-refractivity contribution >= 4 is 39.9 Å². The van der Waals surface area contributed by atoms with Crippen molar-refractivity contribution < 1.29 is 23.2 Å². The molecule has 0 unspecified atom stereocenters. The quantitative estimate of drug-likeness (QED) is 0.477. The van der Waals surface area contributed by atoms with Crippen molar-refractivity contribution in [1.29, 1.82) is 0 Å². The Balaban J connectivity index is 1.90. The third-order valence-corrected chi connectivity index (χ3v) is 4.65. The summed E-state index contributed by atoms with van der Waals surface area (Å²) in [5, 5.41) is 8.17. The number of halogens is 2. The van der Waals surface area contributed by atoms with E-state index in [0.717, 1.165) is 11.3 Å². The maximum atomic E-state index is 14.3. The molecule has 0 saturated heterocycles. The second-order valence-corrected chi connectivity index (χ2v) is 6.74. The monoisotopic (exact) mass is 424 g/mol. The van der Waals surface area contributed by atoms with E-state index in [4.69, 9.17) is 21.9 Å². The summed E-state index contributed by atoms with van der Waals surface area (Å²) in [5.41, 5.74) is 6.29. The number of anilines is 1. The second kappa shape index (κ2) is 8.46. The van der Waals surface area contributed by atoms with Gasteiger partial charge in [-0.05, 0) is 19.1 Å². The van der Waals surface area contributed by atoms with Crippen LogP contribution in [0, 0.1) is 12.7 Å². The summed E-state index contributed by atoms with van der Waals surface area (Å²) in [5.74, 6) is -2.22. The van der Waals surface area contributed by atoms with Crippen LogP contribution in [0.3, 0.4) is 0 Å². The number of ether oxygens (including phenoxy) is 1. The van der Waals surface area contributed by atoms with Crippen LogP contribution < -0.4 is 11.1 Å². The van der Waals surface area contributed by atoms with Crippen molar-refractivity contribution in [1.82, 2.24) is 10.1 Å². The molecule has 0 aliphatic carbocycles. The van der Waals surface area contributed by atoms with Gasteiger partial charge in [-0.1, -0.05) is 22.8 Å². The fraction of sp³-hybridized carbons (Fsp3) is 0.176. The fourth-order valence-electron chi connectivity index (χ4n) is 2.38. The Labute approximate surface area is 167 Å². The predicted octanol–water partition coefficient (Wildman–Crippen LogP) is 3.01. The lowest BCUT2D eigenvalue weighted by Crippen LogP contribution is -2.26. The highest BCUT2D eigenvalue weighted by Crippen LogP contribution is 2.39. The summed E-state index contributed by atoms with van der Waals surface area (Å²) in [6.07, 6.45) is 0. The van der Waals surface area contributed by atoms with Crippen molar-refractivity contribution in [2.24, 2.45) is 5.73 Å². The Kier molecular flexibility index (Phi) is 6.02. The van der Waals surface area contributed by atoms with Gasteiger partial charge in [0.05, 0.1) is 21.8 Å².